The van der Waals surface area contributed by atoms with Gasteiger partial charge in [0.05, 0.1) is 10.7 Å². The van der Waals surface area contributed by atoms with Crippen LogP contribution in [0.1, 0.15) is 11.1 Å². The molecule has 2 N–H and O–H groups in total. The van der Waals surface area contributed by atoms with Crippen molar-refractivity contribution in [3.8, 4) is 0 Å². The van der Waals surface area contributed by atoms with E-state index in [0.29, 0.717) is 22.5 Å². The molecular formula is C22H16ClFN2O3. The lowest BCUT2D eigenvalue weighted by Gasteiger charge is -2.23. The molecule has 0 fully saturated rings. The third kappa shape index (κ3) is 3.26. The molecule has 29 heavy (non-hydrogen) atoms. The number of para-hydroxylation sites is 1. The van der Waals surface area contributed by atoms with Crippen molar-refractivity contribution in [1.29, 1.82) is 0 Å². The van der Waals surface area contributed by atoms with Gasteiger partial charge in [0.1, 0.15) is 12.4 Å². The van der Waals surface area contributed by atoms with Gasteiger partial charge in [-0.15, -0.1) is 0 Å². The van der Waals surface area contributed by atoms with Crippen molar-refractivity contribution in [2.24, 2.45) is 0 Å². The summed E-state index contributed by atoms with van der Waals surface area (Å²) in [6.07, 6.45) is 0. The van der Waals surface area contributed by atoms with Gasteiger partial charge in [-0.05, 0) is 29.8 Å². The van der Waals surface area contributed by atoms with E-state index in [0.717, 1.165) is 6.07 Å². The molecule has 0 unspecified atom stereocenters. The molecule has 146 valence electrons. The lowest BCUT2D eigenvalue weighted by molar-refractivity contribution is -0.133. The van der Waals surface area contributed by atoms with Crippen molar-refractivity contribution < 1.29 is 19.1 Å². The summed E-state index contributed by atoms with van der Waals surface area (Å²) in [6.45, 7) is -0.319. The van der Waals surface area contributed by atoms with Crippen LogP contribution in [-0.2, 0) is 15.2 Å². The lowest BCUT2D eigenvalue weighted by atomic mass is 9.88. The molecular weight excluding hydrogens is 395 g/mol. The van der Waals surface area contributed by atoms with Crippen LogP contribution in [0.2, 0.25) is 5.02 Å². The van der Waals surface area contributed by atoms with E-state index in [-0.39, 0.29) is 11.6 Å². The van der Waals surface area contributed by atoms with Crippen LogP contribution in [0.4, 0.5) is 15.8 Å². The van der Waals surface area contributed by atoms with Crippen LogP contribution in [0, 0.1) is 5.82 Å². The fourth-order valence-corrected chi connectivity index (χ4v) is 3.65. The number of aliphatic hydroxyl groups is 1. The quantitative estimate of drug-likeness (QED) is 0.689. The Hall–Kier alpha value is -3.22. The minimum absolute atomic E-state index is 0.121. The third-order valence-corrected chi connectivity index (χ3v) is 5.13. The number of rotatable bonds is 4. The van der Waals surface area contributed by atoms with Crippen molar-refractivity contribution in [1.82, 2.24) is 0 Å². The van der Waals surface area contributed by atoms with Crippen molar-refractivity contribution in [3.05, 3.63) is 94.8 Å². The molecule has 0 bridgehead atoms. The van der Waals surface area contributed by atoms with Crippen LogP contribution in [0.15, 0.2) is 72.8 Å². The molecule has 0 radical (unpaired) electrons. The van der Waals surface area contributed by atoms with Gasteiger partial charge in [0.2, 0.25) is 5.91 Å². The number of nitrogens with zero attached hydrogens (tertiary/aromatic N) is 1. The minimum Gasteiger partial charge on any atom is -0.372 e. The maximum absolute atomic E-state index is 13.3. The molecule has 0 aromatic heterocycles. The molecule has 0 spiro atoms. The summed E-state index contributed by atoms with van der Waals surface area (Å²) in [5, 5.41) is 13.8. The molecule has 1 heterocycles. The van der Waals surface area contributed by atoms with Crippen LogP contribution in [0.3, 0.4) is 0 Å². The first-order valence-corrected chi connectivity index (χ1v) is 9.23. The molecule has 2 amide bonds. The van der Waals surface area contributed by atoms with Gasteiger partial charge in [-0.3, -0.25) is 14.5 Å². The summed E-state index contributed by atoms with van der Waals surface area (Å²) in [7, 11) is 0. The van der Waals surface area contributed by atoms with Crippen LogP contribution in [-0.4, -0.2) is 23.5 Å². The van der Waals surface area contributed by atoms with Gasteiger partial charge in [0.15, 0.2) is 5.60 Å². The summed E-state index contributed by atoms with van der Waals surface area (Å²) in [5.41, 5.74) is -0.285. The fraction of sp³-hybridized carbons (Fsp3) is 0.0909. The highest BCUT2D eigenvalue weighted by molar-refractivity contribution is 6.31. The van der Waals surface area contributed by atoms with E-state index >= 15 is 0 Å². The van der Waals surface area contributed by atoms with Crippen LogP contribution in [0.25, 0.3) is 0 Å². The van der Waals surface area contributed by atoms with Crippen molar-refractivity contribution in [3.63, 3.8) is 0 Å². The molecule has 3 aromatic carbocycles. The lowest BCUT2D eigenvalue weighted by Crippen LogP contribution is -2.44. The number of hydrogen-bond acceptors (Lipinski definition) is 3. The normalized spacial score (nSPS) is 17.9. The summed E-state index contributed by atoms with van der Waals surface area (Å²) in [4.78, 5) is 27.0. The number of hydrogen-bond donors (Lipinski definition) is 2. The number of nitrogens with one attached hydrogen (secondary N) is 1. The fourth-order valence-electron chi connectivity index (χ4n) is 3.47. The number of fused-ring (bicyclic) bond motifs is 1. The number of anilines is 2. The van der Waals surface area contributed by atoms with E-state index in [9.17, 15) is 19.1 Å². The predicted octanol–water partition coefficient (Wildman–Crippen LogP) is 3.70. The van der Waals surface area contributed by atoms with E-state index in [4.69, 9.17) is 11.6 Å². The second-order valence-corrected chi connectivity index (χ2v) is 7.07. The van der Waals surface area contributed by atoms with Gasteiger partial charge in [-0.2, -0.15) is 0 Å². The SMILES string of the molecule is O=C(CN1C(=O)[C@](O)(c2ccccc2)c2ccccc21)Nc1ccc(F)c(Cl)c1. The Morgan fingerprint density at radius 2 is 1.76 bits per heavy atom. The first-order valence-electron chi connectivity index (χ1n) is 8.85. The van der Waals surface area contributed by atoms with E-state index in [1.165, 1.54) is 17.0 Å². The van der Waals surface area contributed by atoms with Gasteiger partial charge in [-0.25, -0.2) is 4.39 Å². The molecule has 1 aliphatic rings. The van der Waals surface area contributed by atoms with Crippen molar-refractivity contribution >= 4 is 34.8 Å². The van der Waals surface area contributed by atoms with Crippen molar-refractivity contribution in [2.75, 3.05) is 16.8 Å². The van der Waals surface area contributed by atoms with Crippen LogP contribution in [0.5, 0.6) is 0 Å². The van der Waals surface area contributed by atoms with Gasteiger partial charge in [0.25, 0.3) is 5.91 Å². The Morgan fingerprint density at radius 3 is 2.48 bits per heavy atom. The minimum atomic E-state index is -1.88. The Balaban J connectivity index is 1.63. The number of carbonyl (C=O) groups is 2. The Labute approximate surface area is 171 Å². The van der Waals surface area contributed by atoms with Crippen LogP contribution < -0.4 is 10.2 Å². The molecule has 0 saturated heterocycles. The summed E-state index contributed by atoms with van der Waals surface area (Å²) in [5.74, 6) is -1.72. The summed E-state index contributed by atoms with van der Waals surface area (Å²) >= 11 is 5.74. The highest BCUT2D eigenvalue weighted by Crippen LogP contribution is 2.44. The first kappa shape index (κ1) is 19.1. The zero-order valence-electron chi connectivity index (χ0n) is 15.1. The predicted molar refractivity (Wildman–Crippen MR) is 108 cm³/mol. The zero-order valence-corrected chi connectivity index (χ0v) is 15.9. The second-order valence-electron chi connectivity index (χ2n) is 6.66. The summed E-state index contributed by atoms with van der Waals surface area (Å²) in [6, 6.07) is 19.2. The molecule has 3 aromatic rings. The molecule has 5 nitrogen and oxygen atoms in total. The average molecular weight is 411 g/mol. The second kappa shape index (κ2) is 7.31. The Kier molecular flexibility index (Phi) is 4.82. The molecule has 4 rings (SSSR count). The molecule has 7 heteroatoms. The standard InChI is InChI=1S/C22H16ClFN2O3/c23-17-12-15(10-11-18(17)24)25-20(27)13-26-19-9-5-4-8-16(19)22(29,21(26)28)14-6-2-1-3-7-14/h1-12,29H,13H2,(H,25,27)/t22-/m0/s1. The molecule has 1 aliphatic heterocycles. The number of carbonyl (C=O) groups excluding carboxylic acids is 2. The monoisotopic (exact) mass is 410 g/mol. The Morgan fingerprint density at radius 1 is 1.07 bits per heavy atom. The van der Waals surface area contributed by atoms with Crippen molar-refractivity contribution in [2.45, 2.75) is 5.60 Å². The van der Waals surface area contributed by atoms with E-state index < -0.39 is 23.2 Å². The molecule has 0 aliphatic carbocycles. The highest BCUT2D eigenvalue weighted by Gasteiger charge is 2.51. The van der Waals surface area contributed by atoms with E-state index in [1.807, 2.05) is 0 Å². The zero-order chi connectivity index (χ0) is 20.6. The van der Waals surface area contributed by atoms with E-state index in [2.05, 4.69) is 5.32 Å². The van der Waals surface area contributed by atoms with E-state index in [1.54, 1.807) is 54.6 Å². The highest BCUT2D eigenvalue weighted by atomic mass is 35.5. The molecule has 1 atom stereocenters. The number of amides is 2. The largest absolute Gasteiger partial charge is 0.372 e. The van der Waals surface area contributed by atoms with Gasteiger partial charge in [0, 0.05) is 11.3 Å². The number of halogens is 2. The summed E-state index contributed by atoms with van der Waals surface area (Å²) < 4.78 is 13.3. The average Bonchev–Trinajstić information content (AvgIpc) is 2.94. The smallest absolute Gasteiger partial charge is 0.268 e. The first-order chi connectivity index (χ1) is 13.9. The van der Waals surface area contributed by atoms with Gasteiger partial charge < -0.3 is 10.4 Å². The van der Waals surface area contributed by atoms with Crippen LogP contribution >= 0.6 is 11.6 Å². The van der Waals surface area contributed by atoms with Gasteiger partial charge in [-0.1, -0.05) is 60.1 Å². The molecule has 0 saturated carbocycles. The third-order valence-electron chi connectivity index (χ3n) is 4.84. The Bertz CT molecular complexity index is 1110. The van der Waals surface area contributed by atoms with Gasteiger partial charge >= 0.3 is 0 Å². The maximum atomic E-state index is 13.3. The maximum Gasteiger partial charge on any atom is 0.268 e. The topological polar surface area (TPSA) is 69.6 Å². The number of benzene rings is 3.